The van der Waals surface area contributed by atoms with Crippen LogP contribution in [0.1, 0.15) is 23.1 Å². The van der Waals surface area contributed by atoms with Gasteiger partial charge in [-0.15, -0.1) is 0 Å². The summed E-state index contributed by atoms with van der Waals surface area (Å²) >= 11 is 0. The third-order valence-corrected chi connectivity index (χ3v) is 8.76. The van der Waals surface area contributed by atoms with Crippen molar-refractivity contribution in [3.8, 4) is 0 Å². The smallest absolute Gasteiger partial charge is 0.327 e. The number of oxime groups is 1. The van der Waals surface area contributed by atoms with E-state index in [0.717, 1.165) is 22.4 Å². The van der Waals surface area contributed by atoms with Crippen LogP contribution >= 0.6 is 7.60 Å². The highest BCUT2D eigenvalue weighted by molar-refractivity contribution is 7.53. The lowest BCUT2D eigenvalue weighted by Gasteiger charge is -2.49. The standard InChI is InChI=1S/C26H27FN3O6P/c1-29-22-8-3-17(9-18(22)11-23(29)32)10-19-12-25(15-34-37(2,33)35-16-25)13-30-24(19)28-36-26(30,14-31)20-4-6-21(27)7-5-20/h3-10,31H,11-16H2,1-2H3. The molecule has 4 aliphatic heterocycles. The summed E-state index contributed by atoms with van der Waals surface area (Å²) in [4.78, 5) is 21.6. The maximum absolute atomic E-state index is 13.7. The largest absolute Gasteiger partial charge is 0.390 e. The van der Waals surface area contributed by atoms with Gasteiger partial charge in [-0.1, -0.05) is 11.2 Å². The second-order valence-electron chi connectivity index (χ2n) is 10.2. The summed E-state index contributed by atoms with van der Waals surface area (Å²) in [6.07, 6.45) is 2.83. The summed E-state index contributed by atoms with van der Waals surface area (Å²) in [5.74, 6) is 0.187. The molecule has 194 valence electrons. The summed E-state index contributed by atoms with van der Waals surface area (Å²) in [5.41, 5.74) is 2.13. The van der Waals surface area contributed by atoms with Crippen molar-refractivity contribution in [2.75, 3.05) is 45.0 Å². The number of rotatable bonds is 3. The predicted octanol–water partition coefficient (Wildman–Crippen LogP) is 3.48. The second kappa shape index (κ2) is 8.49. The molecule has 2 saturated heterocycles. The fraction of sp³-hybridized carbons (Fsp3) is 0.385. The van der Waals surface area contributed by atoms with Gasteiger partial charge in [-0.05, 0) is 65.6 Å². The van der Waals surface area contributed by atoms with E-state index in [9.17, 15) is 18.9 Å². The van der Waals surface area contributed by atoms with E-state index in [1.807, 2.05) is 29.2 Å². The first-order valence-corrected chi connectivity index (χ1v) is 14.0. The van der Waals surface area contributed by atoms with Gasteiger partial charge in [0.05, 0.1) is 19.6 Å². The highest BCUT2D eigenvalue weighted by Crippen LogP contribution is 2.55. The molecule has 0 aliphatic carbocycles. The van der Waals surface area contributed by atoms with Gasteiger partial charge < -0.3 is 28.8 Å². The van der Waals surface area contributed by atoms with Gasteiger partial charge in [0.25, 0.3) is 5.72 Å². The van der Waals surface area contributed by atoms with E-state index >= 15 is 0 Å². The number of carbonyl (C=O) groups excluding carboxylic acids is 1. The van der Waals surface area contributed by atoms with Gasteiger partial charge in [-0.2, -0.15) is 0 Å². The van der Waals surface area contributed by atoms with Crippen molar-refractivity contribution >= 4 is 31.1 Å². The minimum absolute atomic E-state index is 0.0451. The number of benzene rings is 2. The molecule has 0 radical (unpaired) electrons. The lowest BCUT2D eigenvalue weighted by molar-refractivity contribution is -0.152. The number of hydrogen-bond acceptors (Lipinski definition) is 8. The predicted molar refractivity (Wildman–Crippen MR) is 134 cm³/mol. The topological polar surface area (TPSA) is 101 Å². The van der Waals surface area contributed by atoms with Crippen LogP contribution in [0.4, 0.5) is 10.1 Å². The summed E-state index contributed by atoms with van der Waals surface area (Å²) in [6, 6.07) is 11.6. The van der Waals surface area contributed by atoms with Gasteiger partial charge in [-0.3, -0.25) is 9.36 Å². The number of carbonyl (C=O) groups is 1. The quantitative estimate of drug-likeness (QED) is 0.610. The average molecular weight is 527 g/mol. The van der Waals surface area contributed by atoms with E-state index in [2.05, 4.69) is 5.16 Å². The monoisotopic (exact) mass is 527 g/mol. The van der Waals surface area contributed by atoms with E-state index in [1.54, 1.807) is 24.1 Å². The molecule has 2 aromatic carbocycles. The van der Waals surface area contributed by atoms with E-state index in [-0.39, 0.29) is 19.1 Å². The zero-order valence-corrected chi connectivity index (χ0v) is 21.4. The molecule has 1 unspecified atom stereocenters. The molecular formula is C26H27FN3O6P. The van der Waals surface area contributed by atoms with Crippen LogP contribution < -0.4 is 4.90 Å². The Morgan fingerprint density at radius 3 is 2.62 bits per heavy atom. The SMILES string of the molecule is CN1C(=O)Cc2cc(C=C3CC4(COP(C)(=O)OC4)CN4C3=NOC4(CO)c3ccc(F)cc3)ccc21. The summed E-state index contributed by atoms with van der Waals surface area (Å²) < 4.78 is 37.4. The van der Waals surface area contributed by atoms with Gasteiger partial charge in [0.15, 0.2) is 5.84 Å². The minimum Gasteiger partial charge on any atom is -0.390 e. The van der Waals surface area contributed by atoms with Gasteiger partial charge in [0.2, 0.25) is 5.91 Å². The zero-order valence-electron chi connectivity index (χ0n) is 20.5. The first-order valence-electron chi connectivity index (χ1n) is 12.0. The van der Waals surface area contributed by atoms with E-state index < -0.39 is 31.2 Å². The Bertz CT molecular complexity index is 1380. The van der Waals surface area contributed by atoms with Crippen LogP contribution in [0.25, 0.3) is 6.08 Å². The molecule has 6 rings (SSSR count). The molecule has 0 bridgehead atoms. The molecule has 4 aliphatic rings. The van der Waals surface area contributed by atoms with E-state index in [4.69, 9.17) is 13.9 Å². The number of anilines is 1. The zero-order chi connectivity index (χ0) is 26.0. The fourth-order valence-electron chi connectivity index (χ4n) is 5.50. The molecule has 4 heterocycles. The molecule has 9 nitrogen and oxygen atoms in total. The number of likely N-dealkylation sites (N-methyl/N-ethyl adjacent to an activating group) is 1. The summed E-state index contributed by atoms with van der Waals surface area (Å²) in [5, 5.41) is 15.0. The Balaban J connectivity index is 1.42. The average Bonchev–Trinajstić information content (AvgIpc) is 3.39. The molecule has 0 saturated carbocycles. The molecule has 0 aromatic heterocycles. The number of aliphatic hydroxyl groups excluding tert-OH is 1. The van der Waals surface area contributed by atoms with Gasteiger partial charge in [0.1, 0.15) is 12.4 Å². The molecule has 37 heavy (non-hydrogen) atoms. The van der Waals surface area contributed by atoms with Crippen molar-refractivity contribution in [2.24, 2.45) is 10.6 Å². The number of aliphatic hydroxyl groups is 1. The number of halogens is 1. The highest BCUT2D eigenvalue weighted by Gasteiger charge is 2.56. The molecule has 1 N–H and O–H groups in total. The Hall–Kier alpha value is -3.04. The van der Waals surface area contributed by atoms with Crippen molar-refractivity contribution in [3.05, 3.63) is 70.5 Å². The normalized spacial score (nSPS) is 31.9. The number of fused-ring (bicyclic) bond motifs is 2. The van der Waals surface area contributed by atoms with Gasteiger partial charge in [-0.25, -0.2) is 4.39 Å². The summed E-state index contributed by atoms with van der Waals surface area (Å²) in [6.45, 7) is 1.75. The molecule has 1 atom stereocenters. The Labute approximate surface area is 213 Å². The molecule has 1 spiro atoms. The maximum atomic E-state index is 13.7. The van der Waals surface area contributed by atoms with Crippen LogP contribution in [0.2, 0.25) is 0 Å². The van der Waals surface area contributed by atoms with Crippen LogP contribution in [-0.4, -0.2) is 61.8 Å². The van der Waals surface area contributed by atoms with Crippen LogP contribution in [0.3, 0.4) is 0 Å². The van der Waals surface area contributed by atoms with Crippen LogP contribution in [-0.2, 0) is 35.4 Å². The van der Waals surface area contributed by atoms with Gasteiger partial charge >= 0.3 is 7.60 Å². The third-order valence-electron chi connectivity index (χ3n) is 7.56. The van der Waals surface area contributed by atoms with E-state index in [1.165, 1.54) is 18.8 Å². The van der Waals surface area contributed by atoms with Gasteiger partial charge in [0, 0.05) is 36.9 Å². The number of nitrogens with zero attached hydrogens (tertiary/aromatic N) is 3. The van der Waals surface area contributed by atoms with E-state index in [0.29, 0.717) is 30.8 Å². The Kier molecular flexibility index (Phi) is 5.58. The first-order chi connectivity index (χ1) is 17.6. The first kappa shape index (κ1) is 24.3. The highest BCUT2D eigenvalue weighted by atomic mass is 31.2. The number of hydrogen-bond donors (Lipinski definition) is 1. The van der Waals surface area contributed by atoms with Crippen molar-refractivity contribution in [1.29, 1.82) is 0 Å². The number of amidine groups is 1. The fourth-order valence-corrected chi connectivity index (χ4v) is 6.59. The Morgan fingerprint density at radius 1 is 1.19 bits per heavy atom. The minimum atomic E-state index is -3.14. The lowest BCUT2D eigenvalue weighted by atomic mass is 9.77. The molecule has 2 fully saturated rings. The molecule has 11 heteroatoms. The van der Waals surface area contributed by atoms with Crippen LogP contribution in [0.15, 0.2) is 53.2 Å². The van der Waals surface area contributed by atoms with Crippen molar-refractivity contribution in [3.63, 3.8) is 0 Å². The van der Waals surface area contributed by atoms with Crippen molar-refractivity contribution < 1.29 is 32.7 Å². The third kappa shape index (κ3) is 3.99. The van der Waals surface area contributed by atoms with Crippen molar-refractivity contribution in [1.82, 2.24) is 4.90 Å². The lowest BCUT2D eigenvalue weighted by Crippen LogP contribution is -2.59. The Morgan fingerprint density at radius 2 is 1.92 bits per heavy atom. The summed E-state index contributed by atoms with van der Waals surface area (Å²) in [7, 11) is -1.38. The molecule has 1 amide bonds. The van der Waals surface area contributed by atoms with Crippen molar-refractivity contribution in [2.45, 2.75) is 18.6 Å². The second-order valence-corrected chi connectivity index (χ2v) is 12.3. The molecule has 2 aromatic rings. The van der Waals surface area contributed by atoms with Crippen LogP contribution in [0, 0.1) is 11.2 Å². The number of amides is 1. The van der Waals surface area contributed by atoms with Crippen LogP contribution in [0.5, 0.6) is 0 Å². The maximum Gasteiger partial charge on any atom is 0.327 e. The molecular weight excluding hydrogens is 500 g/mol. The number of piperidine rings is 1.